The number of nitrogens with two attached hydrogens (primary N) is 1. The summed E-state index contributed by atoms with van der Waals surface area (Å²) >= 11 is 0. The molecule has 4 heteroatoms. The Kier molecular flexibility index (Phi) is 3.62. The Balaban J connectivity index is 1.93. The van der Waals surface area contributed by atoms with Gasteiger partial charge in [0.25, 0.3) is 0 Å². The van der Waals surface area contributed by atoms with Gasteiger partial charge < -0.3 is 19.9 Å². The third-order valence-corrected chi connectivity index (χ3v) is 4.99. The lowest BCUT2D eigenvalue weighted by atomic mass is 9.75. The van der Waals surface area contributed by atoms with Crippen LogP contribution in [0.1, 0.15) is 51.1 Å². The van der Waals surface area contributed by atoms with Crippen LogP contribution < -0.4 is 15.2 Å². The lowest BCUT2D eigenvalue weighted by molar-refractivity contribution is -0.151. The average Bonchev–Trinajstić information content (AvgIpc) is 2.46. The summed E-state index contributed by atoms with van der Waals surface area (Å²) < 4.78 is 17.7. The molecule has 1 spiro atoms. The molecule has 0 aliphatic carbocycles. The van der Waals surface area contributed by atoms with Crippen LogP contribution in [0.5, 0.6) is 11.5 Å². The van der Waals surface area contributed by atoms with Gasteiger partial charge in [-0.2, -0.15) is 0 Å². The number of methoxy groups -OCH3 is 1. The molecule has 3 rings (SSSR count). The van der Waals surface area contributed by atoms with Crippen LogP contribution in [-0.2, 0) is 4.74 Å². The van der Waals surface area contributed by atoms with Crippen molar-refractivity contribution in [3.05, 3.63) is 23.8 Å². The Morgan fingerprint density at radius 3 is 2.95 bits per heavy atom. The zero-order valence-corrected chi connectivity index (χ0v) is 13.1. The molecule has 1 aromatic carbocycles. The van der Waals surface area contributed by atoms with Crippen LogP contribution in [0, 0.1) is 0 Å². The van der Waals surface area contributed by atoms with Gasteiger partial charge in [0.1, 0.15) is 17.1 Å². The van der Waals surface area contributed by atoms with E-state index in [-0.39, 0.29) is 17.2 Å². The first-order valence-corrected chi connectivity index (χ1v) is 7.76. The summed E-state index contributed by atoms with van der Waals surface area (Å²) in [7, 11) is 1.67. The van der Waals surface area contributed by atoms with Gasteiger partial charge in [-0.1, -0.05) is 13.0 Å². The molecule has 0 bridgehead atoms. The molecule has 0 saturated carbocycles. The monoisotopic (exact) mass is 291 g/mol. The van der Waals surface area contributed by atoms with Crippen molar-refractivity contribution in [2.24, 2.45) is 5.73 Å². The topological polar surface area (TPSA) is 53.7 Å². The zero-order chi connectivity index (χ0) is 15.1. The second kappa shape index (κ2) is 5.18. The van der Waals surface area contributed by atoms with Crippen molar-refractivity contribution in [2.45, 2.75) is 56.8 Å². The molecule has 2 aliphatic rings. The van der Waals surface area contributed by atoms with Crippen molar-refractivity contribution < 1.29 is 14.2 Å². The molecule has 21 heavy (non-hydrogen) atoms. The van der Waals surface area contributed by atoms with E-state index in [4.69, 9.17) is 19.9 Å². The lowest BCUT2D eigenvalue weighted by Crippen LogP contribution is -2.53. The van der Waals surface area contributed by atoms with Gasteiger partial charge in [0.15, 0.2) is 0 Å². The summed E-state index contributed by atoms with van der Waals surface area (Å²) in [6.45, 7) is 5.07. The first-order valence-electron chi connectivity index (χ1n) is 7.76. The maximum Gasteiger partial charge on any atom is 0.128 e. The summed E-state index contributed by atoms with van der Waals surface area (Å²) in [5.41, 5.74) is 7.16. The van der Waals surface area contributed by atoms with Crippen molar-refractivity contribution in [2.75, 3.05) is 13.7 Å². The third-order valence-electron chi connectivity index (χ3n) is 4.99. The summed E-state index contributed by atoms with van der Waals surface area (Å²) in [5.74, 6) is 1.68. The van der Waals surface area contributed by atoms with Crippen LogP contribution in [0.4, 0.5) is 0 Å². The third kappa shape index (κ3) is 2.62. The van der Waals surface area contributed by atoms with Gasteiger partial charge in [-0.25, -0.2) is 0 Å². The van der Waals surface area contributed by atoms with Gasteiger partial charge in [-0.3, -0.25) is 0 Å². The van der Waals surface area contributed by atoms with E-state index in [0.29, 0.717) is 0 Å². The molecule has 0 amide bonds. The number of ether oxygens (including phenoxy) is 3. The molecular weight excluding hydrogens is 266 g/mol. The minimum Gasteiger partial charge on any atom is -0.497 e. The largest absolute Gasteiger partial charge is 0.497 e. The Hall–Kier alpha value is -1.26. The lowest BCUT2D eigenvalue weighted by Gasteiger charge is -2.49. The molecule has 2 aliphatic heterocycles. The predicted octanol–water partition coefficient (Wildman–Crippen LogP) is 3.20. The smallest absolute Gasteiger partial charge is 0.128 e. The van der Waals surface area contributed by atoms with E-state index in [2.05, 4.69) is 13.8 Å². The Labute approximate surface area is 126 Å². The van der Waals surface area contributed by atoms with E-state index in [9.17, 15) is 0 Å². The first-order chi connectivity index (χ1) is 9.99. The van der Waals surface area contributed by atoms with Crippen LogP contribution in [0.2, 0.25) is 0 Å². The highest BCUT2D eigenvalue weighted by atomic mass is 16.5. The molecule has 1 fully saturated rings. The quantitative estimate of drug-likeness (QED) is 0.909. The molecule has 2 N–H and O–H groups in total. The highest BCUT2D eigenvalue weighted by Gasteiger charge is 2.47. The summed E-state index contributed by atoms with van der Waals surface area (Å²) in [6.07, 6.45) is 3.62. The fourth-order valence-corrected chi connectivity index (χ4v) is 3.61. The average molecular weight is 291 g/mol. The number of benzene rings is 1. The number of rotatable bonds is 2. The van der Waals surface area contributed by atoms with Crippen LogP contribution in [-0.4, -0.2) is 24.9 Å². The van der Waals surface area contributed by atoms with Crippen LogP contribution >= 0.6 is 0 Å². The number of hydrogen-bond acceptors (Lipinski definition) is 4. The van der Waals surface area contributed by atoms with Gasteiger partial charge >= 0.3 is 0 Å². The first kappa shape index (κ1) is 14.7. The van der Waals surface area contributed by atoms with E-state index in [0.717, 1.165) is 49.4 Å². The Bertz CT molecular complexity index is 533. The minimum absolute atomic E-state index is 0.0128. The van der Waals surface area contributed by atoms with Gasteiger partial charge in [0.2, 0.25) is 0 Å². The summed E-state index contributed by atoms with van der Waals surface area (Å²) in [5, 5.41) is 0. The SMILES string of the molecule is CCC1(C)CC2(CCO1)C[C@H](N)c1ccc(OC)cc1O2. The van der Waals surface area contributed by atoms with Crippen LogP contribution in [0.3, 0.4) is 0 Å². The fourth-order valence-electron chi connectivity index (χ4n) is 3.61. The highest BCUT2D eigenvalue weighted by molar-refractivity contribution is 5.44. The summed E-state index contributed by atoms with van der Waals surface area (Å²) in [4.78, 5) is 0. The molecule has 2 unspecified atom stereocenters. The molecule has 3 atom stereocenters. The van der Waals surface area contributed by atoms with Crippen molar-refractivity contribution in [1.29, 1.82) is 0 Å². The van der Waals surface area contributed by atoms with Crippen molar-refractivity contribution >= 4 is 0 Å². The maximum atomic E-state index is 6.43. The molecule has 4 nitrogen and oxygen atoms in total. The maximum absolute atomic E-state index is 6.43. The number of hydrogen-bond donors (Lipinski definition) is 1. The van der Waals surface area contributed by atoms with E-state index >= 15 is 0 Å². The Morgan fingerprint density at radius 1 is 1.43 bits per heavy atom. The standard InChI is InChI=1S/C17H25NO3/c1-4-16(2)11-17(7-8-20-16)10-14(18)13-6-5-12(19-3)9-15(13)21-17/h5-6,9,14H,4,7-8,10-11,18H2,1-3H3/t14-,16?,17?/m0/s1. The molecule has 1 aromatic rings. The van der Waals surface area contributed by atoms with Gasteiger partial charge in [0.05, 0.1) is 19.3 Å². The second-order valence-electron chi connectivity index (χ2n) is 6.58. The normalized spacial score (nSPS) is 35.1. The fraction of sp³-hybridized carbons (Fsp3) is 0.647. The van der Waals surface area contributed by atoms with Gasteiger partial charge in [0, 0.05) is 36.9 Å². The molecule has 1 saturated heterocycles. The molecule has 0 radical (unpaired) electrons. The van der Waals surface area contributed by atoms with Gasteiger partial charge in [-0.05, 0) is 19.4 Å². The number of fused-ring (bicyclic) bond motifs is 1. The zero-order valence-electron chi connectivity index (χ0n) is 13.1. The molecule has 116 valence electrons. The molecule has 0 aromatic heterocycles. The Morgan fingerprint density at radius 2 is 2.24 bits per heavy atom. The van der Waals surface area contributed by atoms with Crippen LogP contribution in [0.25, 0.3) is 0 Å². The van der Waals surface area contributed by atoms with E-state index < -0.39 is 0 Å². The minimum atomic E-state index is -0.207. The van der Waals surface area contributed by atoms with E-state index in [1.54, 1.807) is 7.11 Å². The van der Waals surface area contributed by atoms with E-state index in [1.807, 2.05) is 18.2 Å². The highest BCUT2D eigenvalue weighted by Crippen LogP contribution is 2.47. The molecular formula is C17H25NO3. The summed E-state index contributed by atoms with van der Waals surface area (Å²) in [6, 6.07) is 5.93. The van der Waals surface area contributed by atoms with Gasteiger partial charge in [-0.15, -0.1) is 0 Å². The van der Waals surface area contributed by atoms with Crippen molar-refractivity contribution in [1.82, 2.24) is 0 Å². The van der Waals surface area contributed by atoms with Crippen LogP contribution in [0.15, 0.2) is 18.2 Å². The second-order valence-corrected chi connectivity index (χ2v) is 6.58. The van der Waals surface area contributed by atoms with Crippen molar-refractivity contribution in [3.63, 3.8) is 0 Å². The van der Waals surface area contributed by atoms with Crippen molar-refractivity contribution in [3.8, 4) is 11.5 Å². The van der Waals surface area contributed by atoms with E-state index in [1.165, 1.54) is 0 Å². The molecule has 2 heterocycles. The predicted molar refractivity (Wildman–Crippen MR) is 81.8 cm³/mol.